The van der Waals surface area contributed by atoms with Crippen molar-refractivity contribution in [3.05, 3.63) is 42.0 Å². The number of methoxy groups -OCH3 is 2. The highest BCUT2D eigenvalue weighted by molar-refractivity contribution is 6.04. The van der Waals surface area contributed by atoms with Crippen LogP contribution in [0.3, 0.4) is 0 Å². The first-order chi connectivity index (χ1) is 13.8. The van der Waals surface area contributed by atoms with Crippen LogP contribution >= 0.6 is 0 Å². The van der Waals surface area contributed by atoms with Gasteiger partial charge < -0.3 is 24.3 Å². The number of hydrogen-bond donors (Lipinski definition) is 1. The van der Waals surface area contributed by atoms with E-state index in [1.807, 2.05) is 0 Å². The van der Waals surface area contributed by atoms with Crippen LogP contribution in [0.15, 0.2) is 36.4 Å². The van der Waals surface area contributed by atoms with Crippen LogP contribution in [0.2, 0.25) is 0 Å². The molecular formula is C21H25F2NO5. The van der Waals surface area contributed by atoms with Crippen molar-refractivity contribution in [1.82, 2.24) is 0 Å². The molecule has 0 unspecified atom stereocenters. The maximum atomic E-state index is 12.6. The van der Waals surface area contributed by atoms with Crippen LogP contribution in [-0.2, 0) is 0 Å². The first kappa shape index (κ1) is 22.3. The first-order valence-corrected chi connectivity index (χ1v) is 9.09. The summed E-state index contributed by atoms with van der Waals surface area (Å²) in [5.74, 6) is 0.999. The Balaban J connectivity index is 2.14. The van der Waals surface area contributed by atoms with Crippen molar-refractivity contribution in [2.45, 2.75) is 26.9 Å². The standard InChI is InChI=1S/C21H25F2NO5/c1-13(2)9-10-28-17-7-5-14(11-18(17)27-4)20(25)24-15-6-8-16(26-3)19(12-15)29-21(22)23/h5-8,11-13,21H,9-10H2,1-4H3,(H,24,25). The molecule has 8 heteroatoms. The Morgan fingerprint density at radius 3 is 2.28 bits per heavy atom. The maximum absolute atomic E-state index is 12.6. The zero-order chi connectivity index (χ0) is 21.4. The Morgan fingerprint density at radius 1 is 0.966 bits per heavy atom. The predicted octanol–water partition coefficient (Wildman–Crippen LogP) is 4.98. The average Bonchev–Trinajstić information content (AvgIpc) is 2.67. The Morgan fingerprint density at radius 2 is 1.66 bits per heavy atom. The summed E-state index contributed by atoms with van der Waals surface area (Å²) in [6.45, 7) is 1.73. The molecule has 0 saturated heterocycles. The van der Waals surface area contributed by atoms with Crippen LogP contribution in [0, 0.1) is 5.92 Å². The normalized spacial score (nSPS) is 10.8. The minimum atomic E-state index is -3.01. The molecule has 0 aliphatic carbocycles. The predicted molar refractivity (Wildman–Crippen MR) is 106 cm³/mol. The van der Waals surface area contributed by atoms with E-state index in [1.165, 1.54) is 32.4 Å². The summed E-state index contributed by atoms with van der Waals surface area (Å²) in [7, 11) is 2.83. The zero-order valence-corrected chi connectivity index (χ0v) is 16.8. The Labute approximate surface area is 168 Å². The van der Waals surface area contributed by atoms with Gasteiger partial charge >= 0.3 is 6.61 Å². The van der Waals surface area contributed by atoms with Crippen LogP contribution in [0.1, 0.15) is 30.6 Å². The molecule has 0 spiro atoms. The number of rotatable bonds is 10. The zero-order valence-electron chi connectivity index (χ0n) is 16.8. The molecule has 0 radical (unpaired) electrons. The molecule has 2 rings (SSSR count). The van der Waals surface area contributed by atoms with Gasteiger partial charge in [-0.05, 0) is 42.7 Å². The molecule has 0 heterocycles. The Kier molecular flexibility index (Phi) is 8.06. The molecule has 0 atom stereocenters. The number of nitrogens with one attached hydrogen (secondary N) is 1. The maximum Gasteiger partial charge on any atom is 0.387 e. The van der Waals surface area contributed by atoms with Crippen LogP contribution < -0.4 is 24.3 Å². The minimum Gasteiger partial charge on any atom is -0.493 e. The van der Waals surface area contributed by atoms with Crippen molar-refractivity contribution in [3.63, 3.8) is 0 Å². The number of carbonyl (C=O) groups excluding carboxylic acids is 1. The Hall–Kier alpha value is -3.03. The number of amides is 1. The van der Waals surface area contributed by atoms with Crippen molar-refractivity contribution >= 4 is 11.6 Å². The van der Waals surface area contributed by atoms with Crippen LogP contribution in [-0.4, -0.2) is 33.3 Å². The fourth-order valence-corrected chi connectivity index (χ4v) is 2.48. The number of anilines is 1. The van der Waals surface area contributed by atoms with Gasteiger partial charge in [-0.15, -0.1) is 0 Å². The lowest BCUT2D eigenvalue weighted by atomic mass is 10.1. The second-order valence-corrected chi connectivity index (χ2v) is 6.59. The lowest BCUT2D eigenvalue weighted by molar-refractivity contribution is -0.0511. The molecule has 158 valence electrons. The van der Waals surface area contributed by atoms with E-state index in [1.54, 1.807) is 18.2 Å². The lowest BCUT2D eigenvalue weighted by Gasteiger charge is -2.14. The molecule has 2 aromatic carbocycles. The van der Waals surface area contributed by atoms with E-state index in [-0.39, 0.29) is 17.2 Å². The van der Waals surface area contributed by atoms with Gasteiger partial charge in [-0.1, -0.05) is 13.8 Å². The summed E-state index contributed by atoms with van der Waals surface area (Å²) in [5, 5.41) is 2.64. The molecule has 6 nitrogen and oxygen atoms in total. The highest BCUT2D eigenvalue weighted by Gasteiger charge is 2.15. The molecule has 0 aliphatic heterocycles. The van der Waals surface area contributed by atoms with E-state index < -0.39 is 12.5 Å². The average molecular weight is 409 g/mol. The third-order valence-corrected chi connectivity index (χ3v) is 4.02. The van der Waals surface area contributed by atoms with Crippen molar-refractivity contribution < 1.29 is 32.5 Å². The van der Waals surface area contributed by atoms with E-state index in [9.17, 15) is 13.6 Å². The van der Waals surface area contributed by atoms with Crippen molar-refractivity contribution in [2.75, 3.05) is 26.1 Å². The molecule has 0 bridgehead atoms. The summed E-state index contributed by atoms with van der Waals surface area (Å²) >= 11 is 0. The van der Waals surface area contributed by atoms with Crippen molar-refractivity contribution in [3.8, 4) is 23.0 Å². The molecule has 29 heavy (non-hydrogen) atoms. The van der Waals surface area contributed by atoms with Crippen LogP contribution in [0.5, 0.6) is 23.0 Å². The highest BCUT2D eigenvalue weighted by atomic mass is 19.3. The summed E-state index contributed by atoms with van der Waals surface area (Å²) in [4.78, 5) is 12.6. The fourth-order valence-electron chi connectivity index (χ4n) is 2.48. The van der Waals surface area contributed by atoms with Gasteiger partial charge in [0.25, 0.3) is 5.91 Å². The van der Waals surface area contributed by atoms with Crippen molar-refractivity contribution in [1.29, 1.82) is 0 Å². The van der Waals surface area contributed by atoms with E-state index >= 15 is 0 Å². The molecule has 0 aromatic heterocycles. The number of hydrogen-bond acceptors (Lipinski definition) is 5. The third-order valence-electron chi connectivity index (χ3n) is 4.02. The fraction of sp³-hybridized carbons (Fsp3) is 0.381. The molecule has 1 amide bonds. The smallest absolute Gasteiger partial charge is 0.387 e. The first-order valence-electron chi connectivity index (χ1n) is 9.09. The SMILES string of the molecule is COc1cc(C(=O)Nc2ccc(OC)c(OC(F)F)c2)ccc1OCCC(C)C. The Bertz CT molecular complexity index is 827. The van der Waals surface area contributed by atoms with E-state index in [0.717, 1.165) is 6.42 Å². The summed E-state index contributed by atoms with van der Waals surface area (Å²) in [6.07, 6.45) is 0.895. The van der Waals surface area contributed by atoms with Gasteiger partial charge in [-0.25, -0.2) is 0 Å². The van der Waals surface area contributed by atoms with Crippen LogP contribution in [0.4, 0.5) is 14.5 Å². The number of alkyl halides is 2. The second kappa shape index (κ2) is 10.5. The van der Waals surface area contributed by atoms with E-state index in [2.05, 4.69) is 23.9 Å². The highest BCUT2D eigenvalue weighted by Crippen LogP contribution is 2.32. The number of halogens is 2. The summed E-state index contributed by atoms with van der Waals surface area (Å²) in [6, 6.07) is 9.04. The molecule has 1 N–H and O–H groups in total. The van der Waals surface area contributed by atoms with Gasteiger partial charge in [0, 0.05) is 17.3 Å². The number of ether oxygens (including phenoxy) is 4. The lowest BCUT2D eigenvalue weighted by Crippen LogP contribution is -2.13. The van der Waals surface area contributed by atoms with Gasteiger partial charge in [-0.2, -0.15) is 8.78 Å². The second-order valence-electron chi connectivity index (χ2n) is 6.59. The van der Waals surface area contributed by atoms with Gasteiger partial charge in [0.1, 0.15) is 0 Å². The number of benzene rings is 2. The molecule has 0 aliphatic rings. The molecular weight excluding hydrogens is 384 g/mol. The van der Waals surface area contributed by atoms with Gasteiger partial charge in [0.2, 0.25) is 0 Å². The minimum absolute atomic E-state index is 0.132. The van der Waals surface area contributed by atoms with Crippen molar-refractivity contribution in [2.24, 2.45) is 5.92 Å². The molecule has 0 saturated carbocycles. The van der Waals surface area contributed by atoms with E-state index in [4.69, 9.17) is 14.2 Å². The molecule has 2 aromatic rings. The summed E-state index contributed by atoms with van der Waals surface area (Å²) in [5.41, 5.74) is 0.605. The number of carbonyl (C=O) groups is 1. The monoisotopic (exact) mass is 409 g/mol. The van der Waals surface area contributed by atoms with Gasteiger partial charge in [0.05, 0.1) is 20.8 Å². The molecule has 0 fully saturated rings. The quantitative estimate of drug-likeness (QED) is 0.599. The van der Waals surface area contributed by atoms with Gasteiger partial charge in [0.15, 0.2) is 23.0 Å². The summed E-state index contributed by atoms with van der Waals surface area (Å²) < 4.78 is 45.5. The largest absolute Gasteiger partial charge is 0.493 e. The van der Waals surface area contributed by atoms with Crippen LogP contribution in [0.25, 0.3) is 0 Å². The topological polar surface area (TPSA) is 66.0 Å². The van der Waals surface area contributed by atoms with E-state index in [0.29, 0.717) is 29.6 Å². The third kappa shape index (κ3) is 6.51. The van der Waals surface area contributed by atoms with Gasteiger partial charge in [-0.3, -0.25) is 4.79 Å².